The number of ether oxygens (including phenoxy) is 2. The van der Waals surface area contributed by atoms with Gasteiger partial charge < -0.3 is 14.6 Å². The van der Waals surface area contributed by atoms with E-state index in [2.05, 4.69) is 0 Å². The Morgan fingerprint density at radius 3 is 2.71 bits per heavy atom. The van der Waals surface area contributed by atoms with Crippen molar-refractivity contribution in [3.8, 4) is 17.6 Å². The van der Waals surface area contributed by atoms with Crippen molar-refractivity contribution < 1.29 is 19.4 Å². The molecule has 0 aromatic heterocycles. The zero-order valence-electron chi connectivity index (χ0n) is 9.23. The van der Waals surface area contributed by atoms with Crippen LogP contribution in [0.4, 0.5) is 0 Å². The number of nitriles is 1. The topological polar surface area (TPSA) is 79.6 Å². The molecule has 5 nitrogen and oxygen atoms in total. The molecule has 0 aliphatic heterocycles. The van der Waals surface area contributed by atoms with Gasteiger partial charge in [0.15, 0.2) is 17.6 Å². The summed E-state index contributed by atoms with van der Waals surface area (Å²) in [6, 6.07) is 4.51. The average molecular weight is 256 g/mol. The van der Waals surface area contributed by atoms with Gasteiger partial charge in [0.25, 0.3) is 0 Å². The molecule has 0 saturated carbocycles. The van der Waals surface area contributed by atoms with Crippen LogP contribution in [0.1, 0.15) is 17.3 Å². The molecule has 0 saturated heterocycles. The summed E-state index contributed by atoms with van der Waals surface area (Å²) in [7, 11) is 1.36. The van der Waals surface area contributed by atoms with Gasteiger partial charge in [0.1, 0.15) is 11.6 Å². The van der Waals surface area contributed by atoms with Gasteiger partial charge in [0, 0.05) is 11.1 Å². The van der Waals surface area contributed by atoms with E-state index in [1.807, 2.05) is 6.07 Å². The number of hydrogen-bond acceptors (Lipinski definition) is 4. The first-order valence-corrected chi connectivity index (χ1v) is 5.04. The maximum Gasteiger partial charge on any atom is 0.339 e. The zero-order valence-corrected chi connectivity index (χ0v) is 9.99. The maximum absolute atomic E-state index is 11.0. The van der Waals surface area contributed by atoms with Gasteiger partial charge in [-0.15, -0.1) is 0 Å². The largest absolute Gasteiger partial charge is 0.493 e. The second kappa shape index (κ2) is 5.41. The number of carbonyl (C=O) groups is 1. The number of halogens is 1. The van der Waals surface area contributed by atoms with Crippen molar-refractivity contribution in [2.75, 3.05) is 7.11 Å². The van der Waals surface area contributed by atoms with Crippen LogP contribution in [0, 0.1) is 11.3 Å². The summed E-state index contributed by atoms with van der Waals surface area (Å²) in [6.07, 6.45) is -0.789. The third kappa shape index (κ3) is 3.02. The highest BCUT2D eigenvalue weighted by molar-refractivity contribution is 6.31. The third-order valence-electron chi connectivity index (χ3n) is 1.95. The molecule has 1 unspecified atom stereocenters. The van der Waals surface area contributed by atoms with Gasteiger partial charge >= 0.3 is 5.97 Å². The summed E-state index contributed by atoms with van der Waals surface area (Å²) in [5.41, 5.74) is -0.142. The van der Waals surface area contributed by atoms with Crippen LogP contribution < -0.4 is 9.47 Å². The van der Waals surface area contributed by atoms with Crippen molar-refractivity contribution >= 4 is 17.6 Å². The quantitative estimate of drug-likeness (QED) is 0.893. The van der Waals surface area contributed by atoms with Crippen molar-refractivity contribution in [1.29, 1.82) is 5.26 Å². The smallest absolute Gasteiger partial charge is 0.339 e. The Morgan fingerprint density at radius 2 is 2.24 bits per heavy atom. The molecule has 0 aliphatic carbocycles. The highest BCUT2D eigenvalue weighted by Gasteiger charge is 2.20. The first-order chi connectivity index (χ1) is 7.99. The van der Waals surface area contributed by atoms with Crippen molar-refractivity contribution in [3.05, 3.63) is 22.7 Å². The van der Waals surface area contributed by atoms with Crippen LogP contribution in [0.3, 0.4) is 0 Å². The second-order valence-corrected chi connectivity index (χ2v) is 3.62. The van der Waals surface area contributed by atoms with Crippen LogP contribution in [0.5, 0.6) is 11.5 Å². The summed E-state index contributed by atoms with van der Waals surface area (Å²) < 4.78 is 10.2. The van der Waals surface area contributed by atoms with Crippen LogP contribution >= 0.6 is 11.6 Å². The second-order valence-electron chi connectivity index (χ2n) is 3.18. The monoisotopic (exact) mass is 255 g/mol. The maximum atomic E-state index is 11.0. The van der Waals surface area contributed by atoms with E-state index in [4.69, 9.17) is 31.4 Å². The van der Waals surface area contributed by atoms with Crippen molar-refractivity contribution in [2.45, 2.75) is 13.0 Å². The lowest BCUT2D eigenvalue weighted by Gasteiger charge is -2.14. The Kier molecular flexibility index (Phi) is 4.18. The Hall–Kier alpha value is -1.93. The highest BCUT2D eigenvalue weighted by Crippen LogP contribution is 2.35. The van der Waals surface area contributed by atoms with Crippen LogP contribution in [0.2, 0.25) is 5.02 Å². The normalized spacial score (nSPS) is 11.4. The summed E-state index contributed by atoms with van der Waals surface area (Å²) in [5, 5.41) is 17.9. The van der Waals surface area contributed by atoms with Gasteiger partial charge in [-0.05, 0) is 13.0 Å². The molecule has 0 bridgehead atoms. The van der Waals surface area contributed by atoms with Crippen molar-refractivity contribution in [2.24, 2.45) is 0 Å². The molecule has 90 valence electrons. The molecular formula is C11H10ClNO4. The number of hydrogen-bond donors (Lipinski definition) is 1. The zero-order chi connectivity index (χ0) is 13.0. The predicted molar refractivity (Wildman–Crippen MR) is 60.7 cm³/mol. The molecule has 1 rings (SSSR count). The number of carboxylic acids is 1. The minimum Gasteiger partial charge on any atom is -0.493 e. The van der Waals surface area contributed by atoms with E-state index >= 15 is 0 Å². The van der Waals surface area contributed by atoms with Crippen LogP contribution in [0.15, 0.2) is 12.1 Å². The molecule has 17 heavy (non-hydrogen) atoms. The molecule has 0 aliphatic rings. The van der Waals surface area contributed by atoms with Crippen LogP contribution in [0.25, 0.3) is 0 Å². The highest BCUT2D eigenvalue weighted by atomic mass is 35.5. The SMILES string of the molecule is COc1cc(Cl)cc(C(=O)O)c1OC(C)C#N. The molecule has 1 aromatic carbocycles. The van der Waals surface area contributed by atoms with Crippen LogP contribution in [-0.2, 0) is 0 Å². The lowest BCUT2D eigenvalue weighted by atomic mass is 10.2. The summed E-state index contributed by atoms with van der Waals surface area (Å²) in [6.45, 7) is 1.50. The molecule has 0 amide bonds. The molecule has 0 radical (unpaired) electrons. The van der Waals surface area contributed by atoms with Gasteiger partial charge in [-0.1, -0.05) is 11.6 Å². The Balaban J connectivity index is 3.32. The number of rotatable bonds is 4. The number of methoxy groups -OCH3 is 1. The standard InChI is InChI=1S/C11H10ClNO4/c1-6(5-13)17-10-8(11(14)15)3-7(12)4-9(10)16-2/h3-4,6H,1-2H3,(H,14,15). The van der Waals surface area contributed by atoms with E-state index in [-0.39, 0.29) is 22.1 Å². The molecule has 0 heterocycles. The molecular weight excluding hydrogens is 246 g/mol. The van der Waals surface area contributed by atoms with E-state index in [1.165, 1.54) is 26.2 Å². The molecule has 0 spiro atoms. The van der Waals surface area contributed by atoms with E-state index in [1.54, 1.807) is 0 Å². The van der Waals surface area contributed by atoms with Gasteiger partial charge in [0.05, 0.1) is 7.11 Å². The lowest BCUT2D eigenvalue weighted by molar-refractivity contribution is 0.0690. The fourth-order valence-electron chi connectivity index (χ4n) is 1.20. The van der Waals surface area contributed by atoms with E-state index in [0.29, 0.717) is 0 Å². The molecule has 1 aromatic rings. The minimum absolute atomic E-state index is 0.00144. The van der Waals surface area contributed by atoms with E-state index in [0.717, 1.165) is 0 Å². The minimum atomic E-state index is -1.20. The number of carboxylic acid groups (broad SMARTS) is 1. The molecule has 1 atom stereocenters. The molecule has 1 N–H and O–H groups in total. The Labute approximate surface area is 103 Å². The molecule has 0 fully saturated rings. The fourth-order valence-corrected chi connectivity index (χ4v) is 1.41. The van der Waals surface area contributed by atoms with Gasteiger partial charge in [-0.25, -0.2) is 4.79 Å². The summed E-state index contributed by atoms with van der Waals surface area (Å²) >= 11 is 5.75. The van der Waals surface area contributed by atoms with Gasteiger partial charge in [-0.3, -0.25) is 0 Å². The van der Waals surface area contributed by atoms with Gasteiger partial charge in [0.2, 0.25) is 0 Å². The van der Waals surface area contributed by atoms with Gasteiger partial charge in [-0.2, -0.15) is 5.26 Å². The first-order valence-electron chi connectivity index (χ1n) is 4.66. The number of nitrogens with zero attached hydrogens (tertiary/aromatic N) is 1. The van der Waals surface area contributed by atoms with E-state index in [9.17, 15) is 4.79 Å². The average Bonchev–Trinajstić information content (AvgIpc) is 2.30. The summed E-state index contributed by atoms with van der Waals surface area (Å²) in [5.74, 6) is -1.03. The third-order valence-corrected chi connectivity index (χ3v) is 2.16. The Bertz CT molecular complexity index is 481. The summed E-state index contributed by atoms with van der Waals surface area (Å²) in [4.78, 5) is 11.0. The Morgan fingerprint density at radius 1 is 1.59 bits per heavy atom. The molecule has 6 heteroatoms. The number of benzene rings is 1. The van der Waals surface area contributed by atoms with E-state index < -0.39 is 12.1 Å². The number of aromatic carboxylic acids is 1. The van der Waals surface area contributed by atoms with Crippen LogP contribution in [-0.4, -0.2) is 24.3 Å². The lowest BCUT2D eigenvalue weighted by Crippen LogP contribution is -2.12. The first kappa shape index (κ1) is 13.1. The fraction of sp³-hybridized carbons (Fsp3) is 0.273. The predicted octanol–water partition coefficient (Wildman–Crippen LogP) is 2.34. The van der Waals surface area contributed by atoms with Crippen molar-refractivity contribution in [1.82, 2.24) is 0 Å². The van der Waals surface area contributed by atoms with Crippen molar-refractivity contribution in [3.63, 3.8) is 0 Å².